The van der Waals surface area contributed by atoms with E-state index in [2.05, 4.69) is 31.8 Å². The SMILES string of the molecule is CN1CCC2CN(c3ncnc4c3ncn4CCC(O)c3ccccc3)CC2C1. The number of hydrogen-bond donors (Lipinski definition) is 1. The molecule has 3 aromatic rings. The van der Waals surface area contributed by atoms with Crippen molar-refractivity contribution in [2.45, 2.75) is 25.5 Å². The molecule has 2 fully saturated rings. The summed E-state index contributed by atoms with van der Waals surface area (Å²) in [4.78, 5) is 18.6. The van der Waals surface area contributed by atoms with E-state index >= 15 is 0 Å². The monoisotopic (exact) mass is 392 g/mol. The maximum absolute atomic E-state index is 10.5. The Kier molecular flexibility index (Phi) is 4.93. The number of likely N-dealkylation sites (tertiary alicyclic amines) is 1. The Labute approximate surface area is 171 Å². The molecule has 0 aliphatic carbocycles. The highest BCUT2D eigenvalue weighted by Crippen LogP contribution is 2.34. The molecule has 0 spiro atoms. The van der Waals surface area contributed by atoms with Crippen LogP contribution in [-0.2, 0) is 6.54 Å². The van der Waals surface area contributed by atoms with Crippen LogP contribution in [0.1, 0.15) is 24.5 Å². The van der Waals surface area contributed by atoms with Crippen LogP contribution in [0.4, 0.5) is 5.82 Å². The number of aliphatic hydroxyl groups is 1. The second-order valence-electron chi connectivity index (χ2n) is 8.50. The fraction of sp³-hybridized carbons (Fsp3) is 0.500. The lowest BCUT2D eigenvalue weighted by Gasteiger charge is -2.31. The zero-order chi connectivity index (χ0) is 19.8. The lowest BCUT2D eigenvalue weighted by molar-refractivity contribution is 0.161. The maximum Gasteiger partial charge on any atom is 0.165 e. The van der Waals surface area contributed by atoms with Crippen molar-refractivity contribution in [3.05, 3.63) is 48.5 Å². The summed E-state index contributed by atoms with van der Waals surface area (Å²) in [7, 11) is 2.22. The number of aromatic nitrogens is 4. The smallest absolute Gasteiger partial charge is 0.165 e. The van der Waals surface area contributed by atoms with Gasteiger partial charge in [0.1, 0.15) is 6.33 Å². The third-order valence-electron chi connectivity index (χ3n) is 6.51. The normalized spacial score (nSPS) is 23.4. The molecule has 7 heteroatoms. The van der Waals surface area contributed by atoms with E-state index in [4.69, 9.17) is 0 Å². The van der Waals surface area contributed by atoms with Crippen LogP contribution >= 0.6 is 0 Å². The van der Waals surface area contributed by atoms with Crippen molar-refractivity contribution in [1.29, 1.82) is 0 Å². The molecule has 4 heterocycles. The molecule has 5 rings (SSSR count). The molecule has 1 N–H and O–H groups in total. The van der Waals surface area contributed by atoms with Crippen molar-refractivity contribution < 1.29 is 5.11 Å². The zero-order valence-electron chi connectivity index (χ0n) is 16.9. The largest absolute Gasteiger partial charge is 0.388 e. The fourth-order valence-corrected chi connectivity index (χ4v) is 4.89. The van der Waals surface area contributed by atoms with E-state index in [0.29, 0.717) is 18.9 Å². The van der Waals surface area contributed by atoms with E-state index in [1.807, 2.05) is 41.2 Å². The molecule has 3 unspecified atom stereocenters. The Hall–Kier alpha value is -2.51. The van der Waals surface area contributed by atoms with Crippen molar-refractivity contribution in [1.82, 2.24) is 24.4 Å². The second-order valence-corrected chi connectivity index (χ2v) is 8.50. The third kappa shape index (κ3) is 3.60. The number of benzene rings is 1. The van der Waals surface area contributed by atoms with Crippen LogP contribution in [0, 0.1) is 11.8 Å². The summed E-state index contributed by atoms with van der Waals surface area (Å²) < 4.78 is 2.03. The van der Waals surface area contributed by atoms with E-state index in [9.17, 15) is 5.11 Å². The summed E-state index contributed by atoms with van der Waals surface area (Å²) in [6.45, 7) is 5.12. The quantitative estimate of drug-likeness (QED) is 0.719. The highest BCUT2D eigenvalue weighted by atomic mass is 16.3. The molecule has 7 nitrogen and oxygen atoms in total. The minimum absolute atomic E-state index is 0.492. The number of anilines is 1. The summed E-state index contributed by atoms with van der Waals surface area (Å²) in [5.74, 6) is 2.41. The lowest BCUT2D eigenvalue weighted by atomic mass is 9.89. The number of piperidine rings is 1. The minimum atomic E-state index is -0.492. The van der Waals surface area contributed by atoms with Crippen molar-refractivity contribution >= 4 is 17.0 Å². The van der Waals surface area contributed by atoms with Crippen molar-refractivity contribution in [3.8, 4) is 0 Å². The lowest BCUT2D eigenvalue weighted by Crippen LogP contribution is -2.37. The number of nitrogens with zero attached hydrogens (tertiary/aromatic N) is 6. The average Bonchev–Trinajstić information content (AvgIpc) is 3.36. The molecule has 0 saturated carbocycles. The van der Waals surface area contributed by atoms with Gasteiger partial charge in [0.25, 0.3) is 0 Å². The van der Waals surface area contributed by atoms with Crippen LogP contribution in [-0.4, -0.2) is 62.8 Å². The first-order chi connectivity index (χ1) is 14.2. The van der Waals surface area contributed by atoms with Gasteiger partial charge in [-0.1, -0.05) is 30.3 Å². The van der Waals surface area contributed by atoms with Crippen LogP contribution in [0.25, 0.3) is 11.2 Å². The minimum Gasteiger partial charge on any atom is -0.388 e. The van der Waals surface area contributed by atoms with E-state index in [1.165, 1.54) is 19.5 Å². The van der Waals surface area contributed by atoms with Crippen LogP contribution in [0.5, 0.6) is 0 Å². The number of imidazole rings is 1. The zero-order valence-corrected chi connectivity index (χ0v) is 16.9. The Morgan fingerprint density at radius 3 is 2.76 bits per heavy atom. The van der Waals surface area contributed by atoms with Crippen molar-refractivity contribution in [2.24, 2.45) is 11.8 Å². The number of fused-ring (bicyclic) bond motifs is 2. The topological polar surface area (TPSA) is 70.3 Å². The molecule has 0 amide bonds. The predicted molar refractivity (Wildman–Crippen MR) is 113 cm³/mol. The standard InChI is InChI=1S/C22H28N6O/c1-26-9-7-17-12-28(13-18(17)11-26)22-20-21(23-14-24-22)27(15-25-20)10-8-19(29)16-5-3-2-4-6-16/h2-6,14-15,17-19,29H,7-13H2,1H3. The molecular weight excluding hydrogens is 364 g/mol. The molecule has 1 aromatic carbocycles. The Bertz CT molecular complexity index is 974. The highest BCUT2D eigenvalue weighted by Gasteiger charge is 2.37. The van der Waals surface area contributed by atoms with Gasteiger partial charge in [-0.15, -0.1) is 0 Å². The predicted octanol–water partition coefficient (Wildman–Crippen LogP) is 2.34. The number of aliphatic hydroxyl groups excluding tert-OH is 1. The molecule has 3 atom stereocenters. The number of aryl methyl sites for hydroxylation is 1. The first-order valence-electron chi connectivity index (χ1n) is 10.5. The highest BCUT2D eigenvalue weighted by molar-refractivity contribution is 5.83. The summed E-state index contributed by atoms with van der Waals surface area (Å²) in [5.41, 5.74) is 2.66. The molecule has 29 heavy (non-hydrogen) atoms. The summed E-state index contributed by atoms with van der Waals surface area (Å²) in [6, 6.07) is 9.79. The van der Waals surface area contributed by atoms with Crippen LogP contribution in [0.2, 0.25) is 0 Å². The van der Waals surface area contributed by atoms with Gasteiger partial charge in [0, 0.05) is 26.2 Å². The van der Waals surface area contributed by atoms with E-state index in [-0.39, 0.29) is 0 Å². The molecular formula is C22H28N6O. The Balaban J connectivity index is 1.33. The first kappa shape index (κ1) is 18.5. The maximum atomic E-state index is 10.5. The molecule has 0 radical (unpaired) electrons. The second kappa shape index (κ2) is 7.72. The third-order valence-corrected chi connectivity index (χ3v) is 6.51. The van der Waals surface area contributed by atoms with Gasteiger partial charge in [-0.25, -0.2) is 15.0 Å². The van der Waals surface area contributed by atoms with Gasteiger partial charge >= 0.3 is 0 Å². The first-order valence-corrected chi connectivity index (χ1v) is 10.5. The fourth-order valence-electron chi connectivity index (χ4n) is 4.89. The van der Waals surface area contributed by atoms with Gasteiger partial charge in [-0.05, 0) is 43.8 Å². The van der Waals surface area contributed by atoms with Gasteiger partial charge < -0.3 is 19.5 Å². The molecule has 152 valence electrons. The Morgan fingerprint density at radius 2 is 1.90 bits per heavy atom. The van der Waals surface area contributed by atoms with Gasteiger partial charge in [0.15, 0.2) is 17.0 Å². The van der Waals surface area contributed by atoms with E-state index in [1.54, 1.807) is 6.33 Å². The van der Waals surface area contributed by atoms with Gasteiger partial charge in [-0.2, -0.15) is 0 Å². The molecule has 2 aliphatic heterocycles. The number of hydrogen-bond acceptors (Lipinski definition) is 6. The summed E-state index contributed by atoms with van der Waals surface area (Å²) in [5, 5.41) is 10.5. The molecule has 2 saturated heterocycles. The van der Waals surface area contributed by atoms with Crippen LogP contribution in [0.3, 0.4) is 0 Å². The van der Waals surface area contributed by atoms with Crippen LogP contribution < -0.4 is 4.90 Å². The van der Waals surface area contributed by atoms with Gasteiger partial charge in [-0.3, -0.25) is 0 Å². The van der Waals surface area contributed by atoms with Crippen LogP contribution in [0.15, 0.2) is 43.0 Å². The van der Waals surface area contributed by atoms with E-state index < -0.39 is 6.10 Å². The summed E-state index contributed by atoms with van der Waals surface area (Å²) in [6.07, 6.45) is 4.87. The molecule has 2 aromatic heterocycles. The molecule has 0 bridgehead atoms. The summed E-state index contributed by atoms with van der Waals surface area (Å²) >= 11 is 0. The van der Waals surface area contributed by atoms with E-state index in [0.717, 1.165) is 41.6 Å². The average molecular weight is 393 g/mol. The van der Waals surface area contributed by atoms with Gasteiger partial charge in [0.05, 0.1) is 12.4 Å². The number of rotatable bonds is 5. The van der Waals surface area contributed by atoms with Crippen molar-refractivity contribution in [2.75, 3.05) is 38.1 Å². The Morgan fingerprint density at radius 1 is 1.07 bits per heavy atom. The molecule has 2 aliphatic rings. The van der Waals surface area contributed by atoms with Gasteiger partial charge in [0.2, 0.25) is 0 Å². The van der Waals surface area contributed by atoms with Crippen molar-refractivity contribution in [3.63, 3.8) is 0 Å².